The minimum absolute atomic E-state index is 0.0651. The van der Waals surface area contributed by atoms with E-state index in [1.165, 1.54) is 19.3 Å². The van der Waals surface area contributed by atoms with Crippen LogP contribution in [0.25, 0.3) is 0 Å². The number of amides is 2. The standard InChI is InChI=1S/C32H51F3N2O4/c33-32(34,35)41-25-16-12-22(13-17-25)19-37-29(24-14-10-23(20-38)11-15-24)28(26-8-4-5-9-27(26)31(37)40)30(39)36-18-21-6-2-1-3-7-21/h21-29,38H,1-20H2,(H,36,39)/t22?,23?,24?,25?,26?,27?,28-,29+/m1/s1. The predicted molar refractivity (Wildman–Crippen MR) is 149 cm³/mol. The van der Waals surface area contributed by atoms with E-state index < -0.39 is 12.5 Å². The van der Waals surface area contributed by atoms with Gasteiger partial charge in [0, 0.05) is 31.7 Å². The molecule has 5 aliphatic rings. The molecule has 0 aromatic rings. The van der Waals surface area contributed by atoms with Gasteiger partial charge in [0.25, 0.3) is 0 Å². The Kier molecular flexibility index (Phi) is 10.6. The van der Waals surface area contributed by atoms with Gasteiger partial charge in [-0.05, 0) is 107 Å². The van der Waals surface area contributed by atoms with E-state index in [9.17, 15) is 27.9 Å². The van der Waals surface area contributed by atoms with Gasteiger partial charge in [-0.15, -0.1) is 13.2 Å². The molecule has 0 spiro atoms. The molecule has 41 heavy (non-hydrogen) atoms. The highest BCUT2D eigenvalue weighted by molar-refractivity contribution is 5.87. The first-order chi connectivity index (χ1) is 19.7. The van der Waals surface area contributed by atoms with Gasteiger partial charge in [-0.3, -0.25) is 14.3 Å². The first kappa shape index (κ1) is 31.1. The summed E-state index contributed by atoms with van der Waals surface area (Å²) in [6.07, 6.45) is 9.90. The number of halogens is 3. The van der Waals surface area contributed by atoms with Gasteiger partial charge in [-0.1, -0.05) is 32.1 Å². The maximum Gasteiger partial charge on any atom is 0.522 e. The van der Waals surface area contributed by atoms with Crippen LogP contribution in [0.1, 0.15) is 109 Å². The number of aliphatic hydroxyl groups is 1. The molecule has 4 aliphatic carbocycles. The smallest absolute Gasteiger partial charge is 0.396 e. The van der Waals surface area contributed by atoms with Crippen LogP contribution in [0.2, 0.25) is 0 Å². The summed E-state index contributed by atoms with van der Waals surface area (Å²) in [6, 6.07) is -0.169. The Balaban J connectivity index is 1.35. The zero-order valence-electron chi connectivity index (χ0n) is 24.6. The van der Waals surface area contributed by atoms with Crippen molar-refractivity contribution >= 4 is 11.8 Å². The number of fused-ring (bicyclic) bond motifs is 1. The first-order valence-corrected chi connectivity index (χ1v) is 16.7. The van der Waals surface area contributed by atoms with E-state index in [1.807, 2.05) is 0 Å². The van der Waals surface area contributed by atoms with Crippen LogP contribution in [0.15, 0.2) is 0 Å². The van der Waals surface area contributed by atoms with E-state index >= 15 is 0 Å². The highest BCUT2D eigenvalue weighted by Crippen LogP contribution is 2.48. The molecular formula is C32H51F3N2O4. The Hall–Kier alpha value is -1.35. The zero-order chi connectivity index (χ0) is 29.0. The fraction of sp³-hybridized carbons (Fsp3) is 0.938. The number of hydrogen-bond acceptors (Lipinski definition) is 4. The number of piperidine rings is 1. The largest absolute Gasteiger partial charge is 0.522 e. The molecule has 0 radical (unpaired) electrons. The molecule has 2 N–H and O–H groups in total. The van der Waals surface area contributed by atoms with Gasteiger partial charge in [0.15, 0.2) is 0 Å². The molecule has 2 amide bonds. The summed E-state index contributed by atoms with van der Waals surface area (Å²) >= 11 is 0. The third kappa shape index (κ3) is 7.79. The fourth-order valence-corrected chi connectivity index (χ4v) is 9.18. The lowest BCUT2D eigenvalue weighted by molar-refractivity contribution is -0.345. The van der Waals surface area contributed by atoms with E-state index in [1.54, 1.807) is 0 Å². The van der Waals surface area contributed by atoms with Crippen molar-refractivity contribution in [2.75, 3.05) is 19.7 Å². The van der Waals surface area contributed by atoms with Crippen molar-refractivity contribution in [1.29, 1.82) is 0 Å². The Labute approximate surface area is 243 Å². The molecule has 0 bridgehead atoms. The molecule has 2 unspecified atom stereocenters. The topological polar surface area (TPSA) is 78.9 Å². The lowest BCUT2D eigenvalue weighted by Crippen LogP contribution is -2.64. The number of hydrogen-bond donors (Lipinski definition) is 2. The predicted octanol–water partition coefficient (Wildman–Crippen LogP) is 6.21. The van der Waals surface area contributed by atoms with Gasteiger partial charge < -0.3 is 15.3 Å². The number of carbonyl (C=O) groups is 2. The molecule has 1 saturated heterocycles. The molecule has 1 heterocycles. The molecule has 5 fully saturated rings. The van der Waals surface area contributed by atoms with Crippen molar-refractivity contribution in [3.05, 3.63) is 0 Å². The van der Waals surface area contributed by atoms with E-state index in [2.05, 4.69) is 15.0 Å². The number of rotatable bonds is 8. The summed E-state index contributed by atoms with van der Waals surface area (Å²) in [7, 11) is 0. The Morgan fingerprint density at radius 2 is 1.46 bits per heavy atom. The SMILES string of the molecule is O=C(NCC1CCCCC1)[C@@H]1C2CCCCC2C(=O)N(CC2CCC(OC(F)(F)F)CC2)[C@H]1C1CCC(CO)CC1. The highest BCUT2D eigenvalue weighted by Gasteiger charge is 2.54. The number of likely N-dealkylation sites (tertiary alicyclic amines) is 1. The van der Waals surface area contributed by atoms with E-state index in [-0.39, 0.29) is 60.0 Å². The van der Waals surface area contributed by atoms with Gasteiger partial charge in [-0.2, -0.15) is 0 Å². The van der Waals surface area contributed by atoms with E-state index in [0.29, 0.717) is 44.7 Å². The summed E-state index contributed by atoms with van der Waals surface area (Å²) in [5.41, 5.74) is 0. The van der Waals surface area contributed by atoms with Crippen LogP contribution >= 0.6 is 0 Å². The van der Waals surface area contributed by atoms with Crippen LogP contribution in [0.5, 0.6) is 0 Å². The molecule has 4 atom stereocenters. The molecule has 5 rings (SSSR count). The van der Waals surface area contributed by atoms with E-state index in [0.717, 1.165) is 64.2 Å². The maximum absolute atomic E-state index is 14.2. The number of nitrogens with one attached hydrogen (secondary N) is 1. The second-order valence-corrected chi connectivity index (χ2v) is 14.0. The van der Waals surface area contributed by atoms with Crippen LogP contribution in [0, 0.1) is 41.4 Å². The summed E-state index contributed by atoms with van der Waals surface area (Å²) in [5, 5.41) is 13.1. The minimum atomic E-state index is -4.62. The summed E-state index contributed by atoms with van der Waals surface area (Å²) < 4.78 is 42.7. The molecule has 234 valence electrons. The van der Waals surface area contributed by atoms with Crippen molar-refractivity contribution in [3.8, 4) is 0 Å². The zero-order valence-corrected chi connectivity index (χ0v) is 24.6. The minimum Gasteiger partial charge on any atom is -0.396 e. The van der Waals surface area contributed by atoms with Crippen molar-refractivity contribution < 1.29 is 32.6 Å². The van der Waals surface area contributed by atoms with Gasteiger partial charge in [0.1, 0.15) is 0 Å². The molecule has 0 aromatic heterocycles. The van der Waals surface area contributed by atoms with Crippen molar-refractivity contribution in [1.82, 2.24) is 10.2 Å². The summed E-state index contributed by atoms with van der Waals surface area (Å²) in [5.74, 6) is 1.12. The Bertz CT molecular complexity index is 863. The van der Waals surface area contributed by atoms with Gasteiger partial charge in [-0.25, -0.2) is 0 Å². The van der Waals surface area contributed by atoms with Crippen molar-refractivity contribution in [2.24, 2.45) is 41.4 Å². The van der Waals surface area contributed by atoms with E-state index in [4.69, 9.17) is 0 Å². The highest BCUT2D eigenvalue weighted by atomic mass is 19.4. The van der Waals surface area contributed by atoms with Crippen LogP contribution < -0.4 is 5.32 Å². The Morgan fingerprint density at radius 3 is 2.12 bits per heavy atom. The van der Waals surface area contributed by atoms with Gasteiger partial charge in [0.05, 0.1) is 12.0 Å². The Morgan fingerprint density at radius 1 is 0.829 bits per heavy atom. The number of aliphatic hydroxyl groups excluding tert-OH is 1. The first-order valence-electron chi connectivity index (χ1n) is 16.7. The van der Waals surface area contributed by atoms with Crippen LogP contribution in [0.4, 0.5) is 13.2 Å². The molecule has 1 aliphatic heterocycles. The average Bonchev–Trinajstić information content (AvgIpc) is 2.98. The molecular weight excluding hydrogens is 533 g/mol. The normalized spacial score (nSPS) is 37.5. The molecule has 4 saturated carbocycles. The van der Waals surface area contributed by atoms with Crippen LogP contribution in [0.3, 0.4) is 0 Å². The summed E-state index contributed by atoms with van der Waals surface area (Å²) in [4.78, 5) is 30.4. The quantitative estimate of drug-likeness (QED) is 0.356. The number of ether oxygens (including phenoxy) is 1. The molecule has 9 heteroatoms. The van der Waals surface area contributed by atoms with Crippen LogP contribution in [-0.2, 0) is 14.3 Å². The summed E-state index contributed by atoms with van der Waals surface area (Å²) in [6.45, 7) is 1.42. The second-order valence-electron chi connectivity index (χ2n) is 14.0. The second kappa shape index (κ2) is 14.0. The number of nitrogens with zero attached hydrogens (tertiary/aromatic N) is 1. The molecule has 0 aromatic carbocycles. The van der Waals surface area contributed by atoms with Gasteiger partial charge >= 0.3 is 6.36 Å². The van der Waals surface area contributed by atoms with Crippen molar-refractivity contribution in [3.63, 3.8) is 0 Å². The van der Waals surface area contributed by atoms with Crippen LogP contribution in [-0.4, -0.2) is 60.0 Å². The third-order valence-corrected chi connectivity index (χ3v) is 11.4. The molecule has 6 nitrogen and oxygen atoms in total. The van der Waals surface area contributed by atoms with Gasteiger partial charge in [0.2, 0.25) is 11.8 Å². The number of carbonyl (C=O) groups excluding carboxylic acids is 2. The van der Waals surface area contributed by atoms with Crippen molar-refractivity contribution in [2.45, 2.75) is 128 Å². The average molecular weight is 585 g/mol. The lowest BCUT2D eigenvalue weighted by Gasteiger charge is -2.54. The third-order valence-electron chi connectivity index (χ3n) is 11.4. The monoisotopic (exact) mass is 584 g/mol. The number of alkyl halides is 3. The fourth-order valence-electron chi connectivity index (χ4n) is 9.18. The maximum atomic E-state index is 14.2. The lowest BCUT2D eigenvalue weighted by atomic mass is 9.61.